The Morgan fingerprint density at radius 3 is 3.09 bits per heavy atom. The molecule has 0 bridgehead atoms. The van der Waals surface area contributed by atoms with Crippen molar-refractivity contribution in [3.63, 3.8) is 0 Å². The zero-order chi connectivity index (χ0) is 7.68. The van der Waals surface area contributed by atoms with E-state index in [0.29, 0.717) is 0 Å². The highest BCUT2D eigenvalue weighted by atomic mass is 15.1. The molecule has 0 saturated heterocycles. The third kappa shape index (κ3) is 0.816. The third-order valence-electron chi connectivity index (χ3n) is 1.60. The van der Waals surface area contributed by atoms with Gasteiger partial charge in [0.25, 0.3) is 0 Å². The summed E-state index contributed by atoms with van der Waals surface area (Å²) < 4.78 is 0. The number of aromatic amines is 1. The molecule has 1 N–H and O–H groups in total. The Balaban J connectivity index is 2.88. The summed E-state index contributed by atoms with van der Waals surface area (Å²) in [6.45, 7) is 3.67. The van der Waals surface area contributed by atoms with Crippen LogP contribution in [0.1, 0.15) is 5.56 Å². The lowest BCUT2D eigenvalue weighted by molar-refractivity contribution is 1.12. The molecule has 0 radical (unpaired) electrons. The van der Waals surface area contributed by atoms with Crippen LogP contribution in [0.15, 0.2) is 25.2 Å². The Kier molecular flexibility index (Phi) is 1.22. The molecule has 11 heavy (non-hydrogen) atoms. The monoisotopic (exact) mass is 145 g/mol. The van der Waals surface area contributed by atoms with Crippen molar-refractivity contribution >= 4 is 17.0 Å². The number of hydrogen-bond donors (Lipinski definition) is 1. The molecule has 2 heterocycles. The summed E-state index contributed by atoms with van der Waals surface area (Å²) in [6.07, 6.45) is 7.03. The lowest BCUT2D eigenvalue weighted by Gasteiger charge is -1.91. The third-order valence-corrected chi connectivity index (χ3v) is 1.60. The Bertz CT molecular complexity index is 389. The van der Waals surface area contributed by atoms with Gasteiger partial charge in [0.2, 0.25) is 0 Å². The molecule has 2 aromatic rings. The van der Waals surface area contributed by atoms with Crippen LogP contribution in [0.25, 0.3) is 17.0 Å². The maximum atomic E-state index is 4.02. The lowest BCUT2D eigenvalue weighted by atomic mass is 10.2. The highest BCUT2D eigenvalue weighted by Crippen LogP contribution is 2.13. The van der Waals surface area contributed by atoms with Crippen molar-refractivity contribution < 1.29 is 0 Å². The molecule has 0 spiro atoms. The van der Waals surface area contributed by atoms with Gasteiger partial charge in [0.15, 0.2) is 0 Å². The molecule has 3 heteroatoms. The van der Waals surface area contributed by atoms with E-state index in [0.717, 1.165) is 16.5 Å². The quantitative estimate of drug-likeness (QED) is 0.662. The van der Waals surface area contributed by atoms with Crippen LogP contribution in [-0.2, 0) is 0 Å². The Morgan fingerprint density at radius 1 is 1.36 bits per heavy atom. The number of rotatable bonds is 1. The normalized spacial score (nSPS) is 10.2. The smallest absolute Gasteiger partial charge is 0.0753 e. The molecule has 2 rings (SSSR count). The largest absolute Gasteiger partial charge is 0.277 e. The van der Waals surface area contributed by atoms with E-state index in [9.17, 15) is 0 Å². The van der Waals surface area contributed by atoms with E-state index in [-0.39, 0.29) is 0 Å². The van der Waals surface area contributed by atoms with Crippen molar-refractivity contribution in [3.8, 4) is 0 Å². The second-order valence-corrected chi connectivity index (χ2v) is 2.27. The van der Waals surface area contributed by atoms with Gasteiger partial charge in [-0.15, -0.1) is 0 Å². The molecule has 0 fully saturated rings. The average Bonchev–Trinajstić information content (AvgIpc) is 2.50. The molecule has 0 aliphatic heterocycles. The summed E-state index contributed by atoms with van der Waals surface area (Å²) in [5, 5.41) is 7.79. The Hall–Kier alpha value is -1.64. The van der Waals surface area contributed by atoms with Crippen LogP contribution in [0.5, 0.6) is 0 Å². The fourth-order valence-corrected chi connectivity index (χ4v) is 1.04. The van der Waals surface area contributed by atoms with Crippen molar-refractivity contribution in [1.29, 1.82) is 0 Å². The molecule has 54 valence electrons. The maximum Gasteiger partial charge on any atom is 0.0753 e. The minimum atomic E-state index is 0.986. The fraction of sp³-hybridized carbons (Fsp3) is 0. The van der Waals surface area contributed by atoms with Crippen LogP contribution in [0, 0.1) is 0 Å². The summed E-state index contributed by atoms with van der Waals surface area (Å²) >= 11 is 0. The second-order valence-electron chi connectivity index (χ2n) is 2.27. The van der Waals surface area contributed by atoms with Crippen LogP contribution in [-0.4, -0.2) is 15.2 Å². The zero-order valence-electron chi connectivity index (χ0n) is 5.91. The highest BCUT2D eigenvalue weighted by Gasteiger charge is 1.97. The molecular formula is C8H7N3. The van der Waals surface area contributed by atoms with E-state index >= 15 is 0 Å². The second kappa shape index (κ2) is 2.20. The van der Waals surface area contributed by atoms with Gasteiger partial charge in [-0.2, -0.15) is 5.10 Å². The van der Waals surface area contributed by atoms with Gasteiger partial charge in [-0.25, -0.2) is 0 Å². The van der Waals surface area contributed by atoms with E-state index in [2.05, 4.69) is 21.8 Å². The standard InChI is InChI=1S/C8H7N3/c1-2-6-3-9-4-7-5-10-11-8(6)7/h2-5H,1H2,(H,10,11). The minimum absolute atomic E-state index is 0.986. The summed E-state index contributed by atoms with van der Waals surface area (Å²) in [5.74, 6) is 0. The number of hydrogen-bond acceptors (Lipinski definition) is 2. The number of nitrogens with zero attached hydrogens (tertiary/aromatic N) is 2. The van der Waals surface area contributed by atoms with Crippen LogP contribution >= 0.6 is 0 Å². The van der Waals surface area contributed by atoms with Gasteiger partial charge in [-0.1, -0.05) is 12.7 Å². The van der Waals surface area contributed by atoms with Crippen LogP contribution in [0.2, 0.25) is 0 Å². The van der Waals surface area contributed by atoms with E-state index in [4.69, 9.17) is 0 Å². The number of aromatic nitrogens is 3. The lowest BCUT2D eigenvalue weighted by Crippen LogP contribution is -1.78. The Morgan fingerprint density at radius 2 is 2.27 bits per heavy atom. The van der Waals surface area contributed by atoms with Gasteiger partial charge < -0.3 is 0 Å². The molecule has 0 aromatic carbocycles. The number of fused-ring (bicyclic) bond motifs is 1. The molecule has 0 saturated carbocycles. The zero-order valence-corrected chi connectivity index (χ0v) is 5.91. The molecule has 2 aromatic heterocycles. The first-order valence-electron chi connectivity index (χ1n) is 3.31. The number of H-pyrrole nitrogens is 1. The van der Waals surface area contributed by atoms with E-state index in [1.54, 1.807) is 24.7 Å². The van der Waals surface area contributed by atoms with Gasteiger partial charge in [-0.05, 0) is 0 Å². The van der Waals surface area contributed by atoms with Crippen LogP contribution in [0.3, 0.4) is 0 Å². The first-order chi connectivity index (χ1) is 5.42. The van der Waals surface area contributed by atoms with Gasteiger partial charge in [0.1, 0.15) is 0 Å². The number of nitrogens with one attached hydrogen (secondary N) is 1. The van der Waals surface area contributed by atoms with E-state index < -0.39 is 0 Å². The first kappa shape index (κ1) is 6.09. The number of pyridine rings is 1. The highest BCUT2D eigenvalue weighted by molar-refractivity contribution is 5.85. The summed E-state index contributed by atoms with van der Waals surface area (Å²) in [6, 6.07) is 0. The van der Waals surface area contributed by atoms with Crippen molar-refractivity contribution in [2.24, 2.45) is 0 Å². The van der Waals surface area contributed by atoms with E-state index in [1.807, 2.05) is 0 Å². The molecular weight excluding hydrogens is 138 g/mol. The fourth-order valence-electron chi connectivity index (χ4n) is 1.04. The molecule has 0 unspecified atom stereocenters. The van der Waals surface area contributed by atoms with Crippen molar-refractivity contribution in [3.05, 3.63) is 30.7 Å². The molecule has 0 aliphatic carbocycles. The maximum absolute atomic E-state index is 4.02. The molecule has 3 nitrogen and oxygen atoms in total. The summed E-state index contributed by atoms with van der Waals surface area (Å²) in [4.78, 5) is 4.02. The van der Waals surface area contributed by atoms with Gasteiger partial charge in [0, 0.05) is 23.3 Å². The predicted molar refractivity (Wildman–Crippen MR) is 44.0 cm³/mol. The Labute approximate surface area is 63.8 Å². The van der Waals surface area contributed by atoms with Gasteiger partial charge >= 0.3 is 0 Å². The van der Waals surface area contributed by atoms with Crippen LogP contribution < -0.4 is 0 Å². The SMILES string of the molecule is C=Cc1cncc2cn[nH]c12. The predicted octanol–water partition coefficient (Wildman–Crippen LogP) is 1.60. The summed E-state index contributed by atoms with van der Waals surface area (Å²) in [5.41, 5.74) is 1.98. The summed E-state index contributed by atoms with van der Waals surface area (Å²) in [7, 11) is 0. The first-order valence-corrected chi connectivity index (χ1v) is 3.31. The van der Waals surface area contributed by atoms with Gasteiger partial charge in [0.05, 0.1) is 11.7 Å². The topological polar surface area (TPSA) is 41.6 Å². The van der Waals surface area contributed by atoms with Crippen molar-refractivity contribution in [2.45, 2.75) is 0 Å². The van der Waals surface area contributed by atoms with E-state index in [1.165, 1.54) is 0 Å². The molecule has 0 atom stereocenters. The average molecular weight is 145 g/mol. The van der Waals surface area contributed by atoms with Crippen molar-refractivity contribution in [1.82, 2.24) is 15.2 Å². The molecule has 0 aliphatic rings. The van der Waals surface area contributed by atoms with Gasteiger partial charge in [-0.3, -0.25) is 10.1 Å². The minimum Gasteiger partial charge on any atom is -0.277 e. The molecule has 0 amide bonds. The van der Waals surface area contributed by atoms with Crippen LogP contribution in [0.4, 0.5) is 0 Å². The van der Waals surface area contributed by atoms with Crippen molar-refractivity contribution in [2.75, 3.05) is 0 Å².